The maximum absolute atomic E-state index is 9.39. The predicted octanol–water partition coefficient (Wildman–Crippen LogP) is 8.24. The molecule has 0 atom stereocenters. The van der Waals surface area contributed by atoms with E-state index in [1.54, 1.807) is 6.20 Å². The van der Waals surface area contributed by atoms with Crippen molar-refractivity contribution in [3.05, 3.63) is 132 Å². The lowest BCUT2D eigenvalue weighted by Gasteiger charge is -2.34. The zero-order valence-corrected chi connectivity index (χ0v) is 23.1. The molecule has 0 saturated carbocycles. The van der Waals surface area contributed by atoms with Gasteiger partial charge in [0.2, 0.25) is 0 Å². The van der Waals surface area contributed by atoms with Crippen LogP contribution in [0.3, 0.4) is 0 Å². The zero-order valence-electron chi connectivity index (χ0n) is 23.1. The van der Waals surface area contributed by atoms with E-state index < -0.39 is 0 Å². The number of hydrogen-bond acceptors (Lipinski definition) is 6. The molecule has 200 valence electrons. The summed E-state index contributed by atoms with van der Waals surface area (Å²) in [6, 6.07) is 38.0. The van der Waals surface area contributed by atoms with Crippen LogP contribution in [0.2, 0.25) is 0 Å². The Morgan fingerprint density at radius 1 is 0.595 bits per heavy atom. The molecule has 1 aliphatic heterocycles. The van der Waals surface area contributed by atoms with Gasteiger partial charge in [-0.25, -0.2) is 15.0 Å². The highest BCUT2D eigenvalue weighted by Crippen LogP contribution is 2.49. The van der Waals surface area contributed by atoms with Crippen molar-refractivity contribution >= 4 is 0 Å². The SMILES string of the molecule is CC1(C)c2ccc(C#N)cc2Oc2cc(-c3ccc(-c4nc(-c5ccccc5)nc(-c5ccccn5)n4)cc3)ccc21. The molecule has 1 aliphatic rings. The van der Waals surface area contributed by atoms with Crippen molar-refractivity contribution in [3.63, 3.8) is 0 Å². The molecule has 3 heterocycles. The fourth-order valence-corrected chi connectivity index (χ4v) is 5.40. The van der Waals surface area contributed by atoms with E-state index in [2.05, 4.69) is 55.2 Å². The molecule has 2 aromatic heterocycles. The Bertz CT molecular complexity index is 1920. The van der Waals surface area contributed by atoms with Crippen molar-refractivity contribution < 1.29 is 4.74 Å². The molecule has 0 amide bonds. The number of nitriles is 1. The molecule has 6 nitrogen and oxygen atoms in total. The summed E-state index contributed by atoms with van der Waals surface area (Å²) in [6.07, 6.45) is 1.74. The minimum absolute atomic E-state index is 0.250. The van der Waals surface area contributed by atoms with E-state index in [1.807, 2.05) is 78.9 Å². The molecule has 0 N–H and O–H groups in total. The van der Waals surface area contributed by atoms with Crippen molar-refractivity contribution in [2.75, 3.05) is 0 Å². The molecule has 4 aromatic carbocycles. The van der Waals surface area contributed by atoms with Crippen LogP contribution in [-0.4, -0.2) is 19.9 Å². The largest absolute Gasteiger partial charge is 0.457 e. The van der Waals surface area contributed by atoms with Gasteiger partial charge < -0.3 is 4.74 Å². The summed E-state index contributed by atoms with van der Waals surface area (Å²) in [5, 5.41) is 9.39. The average molecular weight is 544 g/mol. The summed E-state index contributed by atoms with van der Waals surface area (Å²) >= 11 is 0. The summed E-state index contributed by atoms with van der Waals surface area (Å²) in [5.41, 5.74) is 7.07. The second-order valence-electron chi connectivity index (χ2n) is 10.7. The summed E-state index contributed by atoms with van der Waals surface area (Å²) in [5.74, 6) is 3.23. The number of fused-ring (bicyclic) bond motifs is 2. The third-order valence-corrected chi connectivity index (χ3v) is 7.70. The fraction of sp³-hybridized carbons (Fsp3) is 0.0833. The zero-order chi connectivity index (χ0) is 28.7. The maximum atomic E-state index is 9.39. The van der Waals surface area contributed by atoms with Gasteiger partial charge in [-0.05, 0) is 41.5 Å². The number of nitrogens with zero attached hydrogens (tertiary/aromatic N) is 5. The van der Waals surface area contributed by atoms with Gasteiger partial charge in [0.25, 0.3) is 0 Å². The van der Waals surface area contributed by atoms with Gasteiger partial charge in [0.05, 0.1) is 11.6 Å². The van der Waals surface area contributed by atoms with E-state index in [-0.39, 0.29) is 5.41 Å². The Hall–Kier alpha value is -5.67. The first-order valence-corrected chi connectivity index (χ1v) is 13.7. The fourth-order valence-electron chi connectivity index (χ4n) is 5.40. The van der Waals surface area contributed by atoms with Gasteiger partial charge in [0.1, 0.15) is 17.2 Å². The van der Waals surface area contributed by atoms with E-state index in [0.29, 0.717) is 28.7 Å². The molecule has 0 unspecified atom stereocenters. The van der Waals surface area contributed by atoms with Gasteiger partial charge in [0, 0.05) is 33.9 Å². The minimum atomic E-state index is -0.250. The van der Waals surface area contributed by atoms with E-state index in [9.17, 15) is 5.26 Å². The highest BCUT2D eigenvalue weighted by Gasteiger charge is 2.34. The highest BCUT2D eigenvalue weighted by atomic mass is 16.5. The molecule has 6 aromatic rings. The molecule has 0 aliphatic carbocycles. The third-order valence-electron chi connectivity index (χ3n) is 7.70. The first-order chi connectivity index (χ1) is 20.5. The van der Waals surface area contributed by atoms with Gasteiger partial charge in [-0.1, -0.05) is 92.7 Å². The van der Waals surface area contributed by atoms with Crippen LogP contribution in [0.25, 0.3) is 45.4 Å². The van der Waals surface area contributed by atoms with Crippen LogP contribution < -0.4 is 4.74 Å². The summed E-state index contributed by atoms with van der Waals surface area (Å²) < 4.78 is 6.34. The molecule has 0 spiro atoms. The van der Waals surface area contributed by atoms with Crippen LogP contribution in [0, 0.1) is 11.3 Å². The Morgan fingerprint density at radius 3 is 1.88 bits per heavy atom. The summed E-state index contributed by atoms with van der Waals surface area (Å²) in [6.45, 7) is 4.37. The molecule has 6 heteroatoms. The second-order valence-corrected chi connectivity index (χ2v) is 10.7. The monoisotopic (exact) mass is 543 g/mol. The number of rotatable bonds is 4. The van der Waals surface area contributed by atoms with Gasteiger partial charge >= 0.3 is 0 Å². The smallest absolute Gasteiger partial charge is 0.182 e. The van der Waals surface area contributed by atoms with Crippen LogP contribution in [-0.2, 0) is 5.41 Å². The average Bonchev–Trinajstić information content (AvgIpc) is 3.05. The van der Waals surface area contributed by atoms with Crippen LogP contribution >= 0.6 is 0 Å². The molecule has 7 rings (SSSR count). The standard InChI is InChI=1S/C36H25N5O/c1-36(2)28-17-11-23(22-37)20-31(28)42-32-21-27(16-18-29(32)36)24-12-14-26(15-13-24)34-39-33(25-8-4-3-5-9-25)40-35(41-34)30-10-6-7-19-38-30/h3-21H,1-2H3. The van der Waals surface area contributed by atoms with Crippen molar-refractivity contribution in [2.45, 2.75) is 19.3 Å². The van der Waals surface area contributed by atoms with E-state index in [1.165, 1.54) is 0 Å². The molecule has 0 fully saturated rings. The van der Waals surface area contributed by atoms with Gasteiger partial charge in [0.15, 0.2) is 17.5 Å². The van der Waals surface area contributed by atoms with Gasteiger partial charge in [-0.3, -0.25) is 4.98 Å². The Kier molecular flexibility index (Phi) is 6.06. The van der Waals surface area contributed by atoms with Crippen LogP contribution in [0.1, 0.15) is 30.5 Å². The van der Waals surface area contributed by atoms with E-state index >= 15 is 0 Å². The van der Waals surface area contributed by atoms with Crippen LogP contribution in [0.5, 0.6) is 11.5 Å². The van der Waals surface area contributed by atoms with E-state index in [4.69, 9.17) is 19.7 Å². The molecule has 0 saturated heterocycles. The molecule has 0 bridgehead atoms. The second kappa shape index (κ2) is 10.1. The third kappa shape index (κ3) is 4.47. The van der Waals surface area contributed by atoms with Crippen LogP contribution in [0.4, 0.5) is 0 Å². The number of aromatic nitrogens is 4. The van der Waals surface area contributed by atoms with Crippen LogP contribution in [0.15, 0.2) is 115 Å². The lowest BCUT2D eigenvalue weighted by atomic mass is 9.75. The maximum Gasteiger partial charge on any atom is 0.182 e. The predicted molar refractivity (Wildman–Crippen MR) is 163 cm³/mol. The molecule has 42 heavy (non-hydrogen) atoms. The normalized spacial score (nSPS) is 12.9. The Balaban J connectivity index is 1.25. The van der Waals surface area contributed by atoms with E-state index in [0.717, 1.165) is 44.9 Å². The Labute approximate surface area is 244 Å². The summed E-state index contributed by atoms with van der Waals surface area (Å²) in [7, 11) is 0. The first-order valence-electron chi connectivity index (χ1n) is 13.7. The number of hydrogen-bond donors (Lipinski definition) is 0. The van der Waals surface area contributed by atoms with Crippen molar-refractivity contribution in [3.8, 4) is 63.0 Å². The van der Waals surface area contributed by atoms with Crippen molar-refractivity contribution in [1.82, 2.24) is 19.9 Å². The molecular formula is C36H25N5O. The quantitative estimate of drug-likeness (QED) is 0.223. The number of pyridine rings is 1. The lowest BCUT2D eigenvalue weighted by molar-refractivity contribution is 0.418. The van der Waals surface area contributed by atoms with Gasteiger partial charge in [-0.15, -0.1) is 0 Å². The lowest BCUT2D eigenvalue weighted by Crippen LogP contribution is -2.24. The molecule has 0 radical (unpaired) electrons. The minimum Gasteiger partial charge on any atom is -0.457 e. The summed E-state index contributed by atoms with van der Waals surface area (Å²) in [4.78, 5) is 18.8. The highest BCUT2D eigenvalue weighted by molar-refractivity contribution is 5.72. The molecular weight excluding hydrogens is 518 g/mol. The van der Waals surface area contributed by atoms with Crippen molar-refractivity contribution in [2.24, 2.45) is 0 Å². The topological polar surface area (TPSA) is 84.6 Å². The first kappa shape index (κ1) is 25.3. The Morgan fingerprint density at radius 2 is 1.19 bits per heavy atom. The number of benzene rings is 4. The van der Waals surface area contributed by atoms with Crippen molar-refractivity contribution in [1.29, 1.82) is 5.26 Å². The van der Waals surface area contributed by atoms with Gasteiger partial charge in [-0.2, -0.15) is 5.26 Å². The number of ether oxygens (including phenoxy) is 1.